The van der Waals surface area contributed by atoms with E-state index in [1.54, 1.807) is 30.3 Å². The van der Waals surface area contributed by atoms with Crippen LogP contribution in [0.25, 0.3) is 0 Å². The van der Waals surface area contributed by atoms with E-state index in [0.29, 0.717) is 28.7 Å². The summed E-state index contributed by atoms with van der Waals surface area (Å²) in [6.07, 6.45) is 2.83. The fraction of sp³-hybridized carbons (Fsp3) is 0.188. The molecule has 1 aromatic carbocycles. The number of furan rings is 1. The van der Waals surface area contributed by atoms with E-state index >= 15 is 0 Å². The van der Waals surface area contributed by atoms with E-state index in [0.717, 1.165) is 0 Å². The first-order valence-corrected chi connectivity index (χ1v) is 7.54. The number of carbonyl (C=O) groups is 2. The lowest BCUT2D eigenvalue weighted by Gasteiger charge is -2.07. The number of hydrogen-bond acceptors (Lipinski definition) is 5. The van der Waals surface area contributed by atoms with Gasteiger partial charge in [-0.05, 0) is 37.3 Å². The van der Waals surface area contributed by atoms with Crippen molar-refractivity contribution in [2.75, 3.05) is 6.61 Å². The Hall–Kier alpha value is -2.80. The van der Waals surface area contributed by atoms with Gasteiger partial charge in [0.05, 0.1) is 25.6 Å². The molecule has 0 spiro atoms. The van der Waals surface area contributed by atoms with E-state index < -0.39 is 11.8 Å². The van der Waals surface area contributed by atoms with Crippen LogP contribution in [0.2, 0.25) is 5.02 Å². The summed E-state index contributed by atoms with van der Waals surface area (Å²) in [5.74, 6) is -0.598. The van der Waals surface area contributed by atoms with Gasteiger partial charge in [-0.1, -0.05) is 11.6 Å². The van der Waals surface area contributed by atoms with Gasteiger partial charge in [-0.25, -0.2) is 5.43 Å². The average molecular weight is 350 g/mol. The molecule has 0 unspecified atom stereocenters. The molecule has 0 saturated heterocycles. The lowest BCUT2D eigenvalue weighted by Crippen LogP contribution is -2.37. The Bertz CT molecular complexity index is 729. The van der Waals surface area contributed by atoms with E-state index in [9.17, 15) is 9.59 Å². The van der Waals surface area contributed by atoms with Crippen LogP contribution in [-0.2, 0) is 16.1 Å². The maximum Gasteiger partial charge on any atom is 0.329 e. The average Bonchev–Trinajstić information content (AvgIpc) is 3.08. The maximum absolute atomic E-state index is 11.6. The minimum Gasteiger partial charge on any atom is -0.493 e. The highest BCUT2D eigenvalue weighted by Crippen LogP contribution is 2.21. The largest absolute Gasteiger partial charge is 0.493 e. The molecule has 0 bridgehead atoms. The predicted molar refractivity (Wildman–Crippen MR) is 88.9 cm³/mol. The zero-order chi connectivity index (χ0) is 17.4. The number of benzene rings is 1. The van der Waals surface area contributed by atoms with Crippen molar-refractivity contribution in [2.45, 2.75) is 13.5 Å². The fourth-order valence-electron chi connectivity index (χ4n) is 1.78. The van der Waals surface area contributed by atoms with Gasteiger partial charge in [0.15, 0.2) is 0 Å². The Morgan fingerprint density at radius 2 is 2.17 bits per heavy atom. The van der Waals surface area contributed by atoms with Crippen molar-refractivity contribution in [1.29, 1.82) is 0 Å². The standard InChI is InChI=1S/C16H16ClN3O4/c1-2-23-14-6-5-12(17)8-11(14)9-19-20-16(22)15(21)18-10-13-4-3-7-24-13/h3-9H,2,10H2,1H3,(H,18,21)(H,20,22)/b19-9-. The molecule has 2 amide bonds. The lowest BCUT2D eigenvalue weighted by atomic mass is 10.2. The van der Waals surface area contributed by atoms with Crippen molar-refractivity contribution in [3.05, 3.63) is 52.9 Å². The molecule has 0 aliphatic rings. The molecule has 1 heterocycles. The van der Waals surface area contributed by atoms with E-state index in [4.69, 9.17) is 20.8 Å². The smallest absolute Gasteiger partial charge is 0.329 e. The third-order valence-corrected chi connectivity index (χ3v) is 3.09. The predicted octanol–water partition coefficient (Wildman–Crippen LogP) is 2.10. The summed E-state index contributed by atoms with van der Waals surface area (Å²) in [6, 6.07) is 8.40. The minimum atomic E-state index is -0.891. The molecular formula is C16H16ClN3O4. The molecule has 7 nitrogen and oxygen atoms in total. The Morgan fingerprint density at radius 3 is 2.88 bits per heavy atom. The van der Waals surface area contributed by atoms with E-state index in [1.165, 1.54) is 12.5 Å². The number of rotatable bonds is 6. The molecule has 2 N–H and O–H groups in total. The Kier molecular flexibility index (Phi) is 6.39. The molecule has 0 fully saturated rings. The lowest BCUT2D eigenvalue weighted by molar-refractivity contribution is -0.139. The molecule has 2 rings (SSSR count). The summed E-state index contributed by atoms with van der Waals surface area (Å²) in [6.45, 7) is 2.44. The van der Waals surface area contributed by atoms with E-state index in [2.05, 4.69) is 15.8 Å². The molecular weight excluding hydrogens is 334 g/mol. The molecule has 0 atom stereocenters. The monoisotopic (exact) mass is 349 g/mol. The van der Waals surface area contributed by atoms with Gasteiger partial charge >= 0.3 is 11.8 Å². The van der Waals surface area contributed by atoms with Crippen LogP contribution in [0, 0.1) is 0 Å². The molecule has 8 heteroatoms. The third kappa shape index (κ3) is 5.13. The van der Waals surface area contributed by atoms with Crippen molar-refractivity contribution in [2.24, 2.45) is 5.10 Å². The zero-order valence-electron chi connectivity index (χ0n) is 12.9. The molecule has 0 aliphatic heterocycles. The van der Waals surface area contributed by atoms with Gasteiger partial charge in [0, 0.05) is 10.6 Å². The second kappa shape index (κ2) is 8.73. The van der Waals surface area contributed by atoms with E-state index in [1.807, 2.05) is 6.92 Å². The second-order valence-corrected chi connectivity index (χ2v) is 5.01. The number of ether oxygens (including phenoxy) is 1. The molecule has 126 valence electrons. The van der Waals surface area contributed by atoms with Gasteiger partial charge < -0.3 is 14.5 Å². The van der Waals surface area contributed by atoms with Crippen molar-refractivity contribution >= 4 is 29.6 Å². The number of hydrazone groups is 1. The number of amides is 2. The number of nitrogens with one attached hydrogen (secondary N) is 2. The Labute approximate surface area is 143 Å². The van der Waals surface area contributed by atoms with Crippen LogP contribution in [0.1, 0.15) is 18.2 Å². The maximum atomic E-state index is 11.6. The highest BCUT2D eigenvalue weighted by atomic mass is 35.5. The number of nitrogens with zero attached hydrogens (tertiary/aromatic N) is 1. The van der Waals surface area contributed by atoms with Crippen LogP contribution >= 0.6 is 11.6 Å². The molecule has 0 saturated carbocycles. The highest BCUT2D eigenvalue weighted by Gasteiger charge is 2.12. The Morgan fingerprint density at radius 1 is 1.33 bits per heavy atom. The van der Waals surface area contributed by atoms with Crippen LogP contribution < -0.4 is 15.5 Å². The summed E-state index contributed by atoms with van der Waals surface area (Å²) < 4.78 is 10.5. The van der Waals surface area contributed by atoms with Crippen LogP contribution in [0.4, 0.5) is 0 Å². The minimum absolute atomic E-state index is 0.117. The van der Waals surface area contributed by atoms with Gasteiger partial charge in [0.1, 0.15) is 11.5 Å². The quantitative estimate of drug-likeness (QED) is 0.474. The van der Waals surface area contributed by atoms with Gasteiger partial charge in [-0.15, -0.1) is 0 Å². The van der Waals surface area contributed by atoms with Crippen molar-refractivity contribution in [1.82, 2.24) is 10.7 Å². The molecule has 1 aromatic heterocycles. The summed E-state index contributed by atoms with van der Waals surface area (Å²) in [4.78, 5) is 23.3. The number of halogens is 1. The normalized spacial score (nSPS) is 10.6. The summed E-state index contributed by atoms with van der Waals surface area (Å²) in [7, 11) is 0. The van der Waals surface area contributed by atoms with Gasteiger partial charge in [0.2, 0.25) is 0 Å². The van der Waals surface area contributed by atoms with E-state index in [-0.39, 0.29) is 6.54 Å². The topological polar surface area (TPSA) is 92.9 Å². The summed E-state index contributed by atoms with van der Waals surface area (Å²) in [5, 5.41) is 6.66. The number of carbonyl (C=O) groups excluding carboxylic acids is 2. The van der Waals surface area contributed by atoms with Crippen molar-refractivity contribution < 1.29 is 18.7 Å². The van der Waals surface area contributed by atoms with Crippen LogP contribution in [0.5, 0.6) is 5.75 Å². The molecule has 0 aliphatic carbocycles. The number of hydrogen-bond donors (Lipinski definition) is 2. The van der Waals surface area contributed by atoms with Crippen molar-refractivity contribution in [3.8, 4) is 5.75 Å². The zero-order valence-corrected chi connectivity index (χ0v) is 13.7. The summed E-state index contributed by atoms with van der Waals surface area (Å²) >= 11 is 5.92. The van der Waals surface area contributed by atoms with Crippen LogP contribution in [-0.4, -0.2) is 24.6 Å². The van der Waals surface area contributed by atoms with Crippen LogP contribution in [0.15, 0.2) is 46.1 Å². The van der Waals surface area contributed by atoms with Gasteiger partial charge in [-0.3, -0.25) is 9.59 Å². The Balaban J connectivity index is 1.89. The van der Waals surface area contributed by atoms with Crippen LogP contribution in [0.3, 0.4) is 0 Å². The SMILES string of the molecule is CCOc1ccc(Cl)cc1/C=N\NC(=O)C(=O)NCc1ccco1. The second-order valence-electron chi connectivity index (χ2n) is 4.58. The third-order valence-electron chi connectivity index (χ3n) is 2.85. The van der Waals surface area contributed by atoms with Crippen molar-refractivity contribution in [3.63, 3.8) is 0 Å². The first-order chi connectivity index (χ1) is 11.6. The first-order valence-electron chi connectivity index (χ1n) is 7.16. The molecule has 24 heavy (non-hydrogen) atoms. The molecule has 2 aromatic rings. The van der Waals surface area contributed by atoms with Gasteiger partial charge in [-0.2, -0.15) is 5.10 Å². The first kappa shape index (κ1) is 17.6. The molecule has 0 radical (unpaired) electrons. The fourth-order valence-corrected chi connectivity index (χ4v) is 1.96. The van der Waals surface area contributed by atoms with Gasteiger partial charge in [0.25, 0.3) is 0 Å². The highest BCUT2D eigenvalue weighted by molar-refractivity contribution is 6.35. The summed E-state index contributed by atoms with van der Waals surface area (Å²) in [5.41, 5.74) is 2.72.